The van der Waals surface area contributed by atoms with Crippen molar-refractivity contribution >= 4 is 32.6 Å². The van der Waals surface area contributed by atoms with Gasteiger partial charge in [0.1, 0.15) is 0 Å². The number of rotatable bonds is 5. The maximum absolute atomic E-state index is 12.8. The highest BCUT2D eigenvalue weighted by atomic mass is 32.2. The molecule has 1 fully saturated rings. The zero-order chi connectivity index (χ0) is 22.8. The number of hydrogen-bond donors (Lipinski definition) is 1. The van der Waals surface area contributed by atoms with Gasteiger partial charge in [-0.2, -0.15) is 5.26 Å². The van der Waals surface area contributed by atoms with Gasteiger partial charge in [-0.1, -0.05) is 45.0 Å². The van der Waals surface area contributed by atoms with Crippen LogP contribution in [-0.4, -0.2) is 49.3 Å². The molecule has 1 amide bonds. The second-order valence-corrected chi connectivity index (χ2v) is 11.3. The van der Waals surface area contributed by atoms with Crippen molar-refractivity contribution in [2.75, 3.05) is 30.3 Å². The predicted molar refractivity (Wildman–Crippen MR) is 122 cm³/mol. The average Bonchev–Trinajstić information content (AvgIpc) is 2.69. The van der Waals surface area contributed by atoms with Gasteiger partial charge in [0.2, 0.25) is 10.0 Å². The van der Waals surface area contributed by atoms with Crippen LogP contribution >= 0.6 is 0 Å². The van der Waals surface area contributed by atoms with E-state index in [4.69, 9.17) is 0 Å². The van der Waals surface area contributed by atoms with E-state index < -0.39 is 21.5 Å². The van der Waals surface area contributed by atoms with Crippen LogP contribution in [0.1, 0.15) is 39.2 Å². The molecule has 31 heavy (non-hydrogen) atoms. The summed E-state index contributed by atoms with van der Waals surface area (Å²) in [6.45, 7) is 6.66. The van der Waals surface area contributed by atoms with E-state index in [1.165, 1.54) is 0 Å². The van der Waals surface area contributed by atoms with E-state index in [2.05, 4.69) is 11.0 Å². The molecule has 0 spiro atoms. The summed E-state index contributed by atoms with van der Waals surface area (Å²) in [7, 11) is -3.93. The molecule has 0 bridgehead atoms. The lowest BCUT2D eigenvalue weighted by atomic mass is 9.95. The molecule has 1 aliphatic heterocycles. The van der Waals surface area contributed by atoms with Crippen LogP contribution < -0.4 is 4.90 Å². The highest BCUT2D eigenvalue weighted by Gasteiger charge is 2.34. The zero-order valence-electron chi connectivity index (χ0n) is 18.2. The Morgan fingerprint density at radius 1 is 1.23 bits per heavy atom. The molecule has 7 nitrogen and oxygen atoms in total. The predicted octanol–water partition coefficient (Wildman–Crippen LogP) is 4.28. The van der Waals surface area contributed by atoms with E-state index >= 15 is 0 Å². The standard InChI is InChI=1S/C23H29N3O4S/c1-23(2,3)16-31(29,30)26(22(27)28)15-17-7-6-12-25(14-17)21-11-10-18(13-24)19-8-4-5-9-20(19)21/h4-5,8-11,17H,6-7,12,14-16H2,1-3H3,(H,27,28). The van der Waals surface area contributed by atoms with Crippen molar-refractivity contribution in [3.05, 3.63) is 42.0 Å². The average molecular weight is 444 g/mol. The van der Waals surface area contributed by atoms with Gasteiger partial charge in [0.25, 0.3) is 0 Å². The summed E-state index contributed by atoms with van der Waals surface area (Å²) in [5, 5.41) is 20.9. The largest absolute Gasteiger partial charge is 0.464 e. The molecule has 8 heteroatoms. The molecule has 1 unspecified atom stereocenters. The number of hydrogen-bond acceptors (Lipinski definition) is 5. The topological polar surface area (TPSA) is 102 Å². The summed E-state index contributed by atoms with van der Waals surface area (Å²) >= 11 is 0. The maximum atomic E-state index is 12.8. The Bertz CT molecular complexity index is 1120. The van der Waals surface area contributed by atoms with Gasteiger partial charge in [-0.25, -0.2) is 17.5 Å². The molecule has 1 aliphatic rings. The van der Waals surface area contributed by atoms with Crippen LogP contribution in [0.25, 0.3) is 10.8 Å². The number of amides is 1. The third-order valence-corrected chi connectivity index (χ3v) is 7.68. The van der Waals surface area contributed by atoms with Gasteiger partial charge in [-0.05, 0) is 36.3 Å². The molecule has 1 N–H and O–H groups in total. The lowest BCUT2D eigenvalue weighted by molar-refractivity contribution is 0.165. The fourth-order valence-electron chi connectivity index (χ4n) is 4.26. The van der Waals surface area contributed by atoms with E-state index in [0.717, 1.165) is 35.8 Å². The van der Waals surface area contributed by atoms with E-state index in [1.807, 2.05) is 30.3 Å². The Balaban J connectivity index is 1.85. The Hall–Kier alpha value is -2.79. The minimum absolute atomic E-state index is 0.0432. The smallest absolute Gasteiger partial charge is 0.421 e. The van der Waals surface area contributed by atoms with Crippen LogP contribution in [-0.2, 0) is 10.0 Å². The molecule has 2 aromatic rings. The first-order valence-electron chi connectivity index (χ1n) is 10.4. The fraction of sp³-hybridized carbons (Fsp3) is 0.478. The van der Waals surface area contributed by atoms with Crippen LogP contribution in [0, 0.1) is 22.7 Å². The minimum atomic E-state index is -3.93. The summed E-state index contributed by atoms with van der Waals surface area (Å²) < 4.78 is 26.1. The van der Waals surface area contributed by atoms with Crippen LogP contribution in [0.15, 0.2) is 36.4 Å². The number of fused-ring (bicyclic) bond motifs is 1. The van der Waals surface area contributed by atoms with Gasteiger partial charge in [-0.3, -0.25) is 0 Å². The van der Waals surface area contributed by atoms with E-state index in [-0.39, 0.29) is 18.2 Å². The summed E-state index contributed by atoms with van der Waals surface area (Å²) in [5.41, 5.74) is 1.06. The second-order valence-electron chi connectivity index (χ2n) is 9.37. The summed E-state index contributed by atoms with van der Waals surface area (Å²) in [5.74, 6) is -0.322. The van der Waals surface area contributed by atoms with Crippen LogP contribution in [0.5, 0.6) is 0 Å². The van der Waals surface area contributed by atoms with Crippen molar-refractivity contribution in [3.63, 3.8) is 0 Å². The number of nitrogens with zero attached hydrogens (tertiary/aromatic N) is 3. The van der Waals surface area contributed by atoms with Crippen LogP contribution in [0.4, 0.5) is 10.5 Å². The van der Waals surface area contributed by atoms with E-state index in [9.17, 15) is 23.6 Å². The Labute approximate surface area is 183 Å². The Kier molecular flexibility index (Phi) is 6.46. The fourth-order valence-corrected chi connectivity index (χ4v) is 6.19. The summed E-state index contributed by atoms with van der Waals surface area (Å²) in [4.78, 5) is 14.0. The third-order valence-electron chi connectivity index (χ3n) is 5.47. The number of nitriles is 1. The number of carboxylic acid groups (broad SMARTS) is 1. The van der Waals surface area contributed by atoms with Gasteiger partial charge in [0.05, 0.1) is 17.4 Å². The summed E-state index contributed by atoms with van der Waals surface area (Å²) in [6, 6.07) is 13.7. The molecule has 0 aliphatic carbocycles. The molecule has 3 rings (SSSR count). The molecule has 1 heterocycles. The number of anilines is 1. The lowest BCUT2D eigenvalue weighted by Crippen LogP contribution is -2.46. The van der Waals surface area contributed by atoms with Crippen LogP contribution in [0.2, 0.25) is 0 Å². The van der Waals surface area contributed by atoms with Gasteiger partial charge in [0.15, 0.2) is 0 Å². The van der Waals surface area contributed by atoms with Crippen molar-refractivity contribution in [2.24, 2.45) is 11.3 Å². The molecule has 166 valence electrons. The lowest BCUT2D eigenvalue weighted by Gasteiger charge is -2.37. The zero-order valence-corrected chi connectivity index (χ0v) is 19.0. The van der Waals surface area contributed by atoms with Gasteiger partial charge in [-0.15, -0.1) is 0 Å². The second kappa shape index (κ2) is 8.75. The molecule has 1 atom stereocenters. The van der Waals surface area contributed by atoms with Crippen LogP contribution in [0.3, 0.4) is 0 Å². The van der Waals surface area contributed by atoms with Gasteiger partial charge >= 0.3 is 6.09 Å². The first-order chi connectivity index (χ1) is 14.5. The molecule has 0 radical (unpaired) electrons. The SMILES string of the molecule is CC(C)(C)CS(=O)(=O)N(CC1CCCN(c2ccc(C#N)c3ccccc23)C1)C(=O)O. The third kappa shape index (κ3) is 5.28. The van der Waals surface area contributed by atoms with E-state index in [1.54, 1.807) is 26.8 Å². The molecule has 0 saturated carbocycles. The first-order valence-corrected chi connectivity index (χ1v) is 12.0. The summed E-state index contributed by atoms with van der Waals surface area (Å²) in [6.07, 6.45) is 0.177. The highest BCUT2D eigenvalue weighted by molar-refractivity contribution is 7.89. The van der Waals surface area contributed by atoms with Crippen molar-refractivity contribution in [2.45, 2.75) is 33.6 Å². The van der Waals surface area contributed by atoms with E-state index in [0.29, 0.717) is 16.4 Å². The minimum Gasteiger partial charge on any atom is -0.464 e. The van der Waals surface area contributed by atoms with Gasteiger partial charge < -0.3 is 10.0 Å². The van der Waals surface area contributed by atoms with Crippen molar-refractivity contribution in [3.8, 4) is 6.07 Å². The normalized spacial score (nSPS) is 17.4. The molecular formula is C23H29N3O4S. The van der Waals surface area contributed by atoms with Crippen molar-refractivity contribution in [1.29, 1.82) is 5.26 Å². The number of sulfonamides is 1. The molecule has 1 saturated heterocycles. The quantitative estimate of drug-likeness (QED) is 0.740. The number of benzene rings is 2. The highest BCUT2D eigenvalue weighted by Crippen LogP contribution is 2.32. The number of piperidine rings is 1. The monoisotopic (exact) mass is 443 g/mol. The van der Waals surface area contributed by atoms with Gasteiger partial charge in [0, 0.05) is 36.1 Å². The molecular weight excluding hydrogens is 414 g/mol. The Morgan fingerprint density at radius 2 is 1.90 bits per heavy atom. The molecule has 2 aromatic carbocycles. The molecule has 0 aromatic heterocycles. The first kappa shape index (κ1) is 22.9. The maximum Gasteiger partial charge on any atom is 0.421 e. The Morgan fingerprint density at radius 3 is 2.52 bits per heavy atom. The van der Waals surface area contributed by atoms with Crippen molar-refractivity contribution in [1.82, 2.24) is 4.31 Å². The van der Waals surface area contributed by atoms with Crippen molar-refractivity contribution < 1.29 is 18.3 Å². The number of carbonyl (C=O) groups is 1.